The molecule has 2 rings (SSSR count). The quantitative estimate of drug-likeness (QED) is 0.833. The van der Waals surface area contributed by atoms with Crippen LogP contribution in [0, 0.1) is 5.92 Å². The summed E-state index contributed by atoms with van der Waals surface area (Å²) in [5.41, 5.74) is 6.81. The van der Waals surface area contributed by atoms with E-state index in [1.165, 1.54) is 0 Å². The number of nitrogens with zero attached hydrogens (tertiary/aromatic N) is 1. The molecule has 1 fully saturated rings. The van der Waals surface area contributed by atoms with E-state index < -0.39 is 0 Å². The minimum Gasteiger partial charge on any atom is -0.338 e. The van der Waals surface area contributed by atoms with Crippen LogP contribution in [-0.4, -0.2) is 36.2 Å². The lowest BCUT2D eigenvalue weighted by atomic mass is 9.94. The second-order valence-corrected chi connectivity index (χ2v) is 5.73. The van der Waals surface area contributed by atoms with Crippen LogP contribution >= 0.6 is 11.8 Å². The third kappa shape index (κ3) is 2.70. The molecule has 0 saturated carbocycles. The van der Waals surface area contributed by atoms with Crippen LogP contribution in [0.3, 0.4) is 0 Å². The zero-order valence-electron chi connectivity index (χ0n) is 10.9. The lowest BCUT2D eigenvalue weighted by Gasteiger charge is -2.35. The summed E-state index contributed by atoms with van der Waals surface area (Å²) in [5, 5.41) is 0. The van der Waals surface area contributed by atoms with E-state index in [2.05, 4.69) is 6.92 Å². The first kappa shape index (κ1) is 13.4. The third-order valence-electron chi connectivity index (χ3n) is 3.60. The molecule has 2 atom stereocenters. The third-order valence-corrected chi connectivity index (χ3v) is 4.39. The van der Waals surface area contributed by atoms with Gasteiger partial charge in [0.1, 0.15) is 0 Å². The molecule has 2 unspecified atom stereocenters. The molecule has 0 aliphatic carbocycles. The fourth-order valence-corrected chi connectivity index (χ4v) is 2.93. The molecule has 1 amide bonds. The van der Waals surface area contributed by atoms with E-state index in [9.17, 15) is 4.79 Å². The number of rotatable bonds is 2. The van der Waals surface area contributed by atoms with Gasteiger partial charge in [0.25, 0.3) is 5.91 Å². The molecule has 18 heavy (non-hydrogen) atoms. The Morgan fingerprint density at radius 3 is 2.83 bits per heavy atom. The van der Waals surface area contributed by atoms with E-state index >= 15 is 0 Å². The summed E-state index contributed by atoms with van der Waals surface area (Å²) in [7, 11) is 0. The molecule has 4 heteroatoms. The minimum atomic E-state index is 0.138. The van der Waals surface area contributed by atoms with Gasteiger partial charge in [-0.2, -0.15) is 0 Å². The van der Waals surface area contributed by atoms with Gasteiger partial charge in [-0.25, -0.2) is 0 Å². The van der Waals surface area contributed by atoms with Crippen molar-refractivity contribution in [1.29, 1.82) is 0 Å². The van der Waals surface area contributed by atoms with Gasteiger partial charge < -0.3 is 10.6 Å². The molecule has 0 aromatic heterocycles. The van der Waals surface area contributed by atoms with Crippen LogP contribution in [0.1, 0.15) is 23.7 Å². The second kappa shape index (κ2) is 5.76. The molecule has 2 N–H and O–H groups in total. The number of hydrogen-bond donors (Lipinski definition) is 1. The van der Waals surface area contributed by atoms with Crippen LogP contribution in [-0.2, 0) is 0 Å². The van der Waals surface area contributed by atoms with Crippen LogP contribution in [0.15, 0.2) is 29.2 Å². The summed E-state index contributed by atoms with van der Waals surface area (Å²) >= 11 is 1.62. The number of amides is 1. The van der Waals surface area contributed by atoms with Crippen molar-refractivity contribution < 1.29 is 4.79 Å². The SMILES string of the molecule is CSc1ccccc1C(=O)N1CCC(N)C(C)C1. The van der Waals surface area contributed by atoms with Gasteiger partial charge in [0.05, 0.1) is 5.56 Å². The zero-order chi connectivity index (χ0) is 13.1. The van der Waals surface area contributed by atoms with Gasteiger partial charge >= 0.3 is 0 Å². The fraction of sp³-hybridized carbons (Fsp3) is 0.500. The van der Waals surface area contributed by atoms with Crippen LogP contribution in [0.2, 0.25) is 0 Å². The summed E-state index contributed by atoms with van der Waals surface area (Å²) in [6.45, 7) is 3.65. The number of carbonyl (C=O) groups excluding carboxylic acids is 1. The topological polar surface area (TPSA) is 46.3 Å². The van der Waals surface area contributed by atoms with Crippen molar-refractivity contribution in [3.8, 4) is 0 Å². The fourth-order valence-electron chi connectivity index (χ4n) is 2.34. The molecule has 0 radical (unpaired) electrons. The number of carbonyl (C=O) groups is 1. The van der Waals surface area contributed by atoms with Crippen molar-refractivity contribution in [2.24, 2.45) is 11.7 Å². The molecule has 1 aliphatic rings. The maximum Gasteiger partial charge on any atom is 0.254 e. The molecular weight excluding hydrogens is 244 g/mol. The molecule has 1 heterocycles. The highest BCUT2D eigenvalue weighted by atomic mass is 32.2. The minimum absolute atomic E-state index is 0.138. The van der Waals surface area contributed by atoms with Gasteiger partial charge in [-0.05, 0) is 30.7 Å². The van der Waals surface area contributed by atoms with E-state index in [1.54, 1.807) is 11.8 Å². The molecular formula is C14H20N2OS. The molecule has 0 bridgehead atoms. The average molecular weight is 264 g/mol. The summed E-state index contributed by atoms with van der Waals surface area (Å²) in [4.78, 5) is 15.5. The highest BCUT2D eigenvalue weighted by Gasteiger charge is 2.27. The lowest BCUT2D eigenvalue weighted by Crippen LogP contribution is -2.48. The van der Waals surface area contributed by atoms with Crippen molar-refractivity contribution in [3.05, 3.63) is 29.8 Å². The van der Waals surface area contributed by atoms with Gasteiger partial charge in [-0.1, -0.05) is 19.1 Å². The first-order chi connectivity index (χ1) is 8.63. The Kier molecular flexibility index (Phi) is 4.30. The summed E-state index contributed by atoms with van der Waals surface area (Å²) in [6, 6.07) is 8.03. The predicted molar refractivity (Wildman–Crippen MR) is 75.9 cm³/mol. The smallest absolute Gasteiger partial charge is 0.254 e. The number of piperidine rings is 1. The molecule has 1 aliphatic heterocycles. The maximum atomic E-state index is 12.5. The molecule has 3 nitrogen and oxygen atoms in total. The molecule has 1 aromatic carbocycles. The predicted octanol–water partition coefficient (Wildman–Crippen LogP) is 2.22. The Morgan fingerprint density at radius 2 is 2.17 bits per heavy atom. The van der Waals surface area contributed by atoms with E-state index in [0.717, 1.165) is 30.0 Å². The number of benzene rings is 1. The van der Waals surface area contributed by atoms with E-state index in [-0.39, 0.29) is 11.9 Å². The first-order valence-corrected chi connectivity index (χ1v) is 7.54. The Labute approximate surface area is 113 Å². The van der Waals surface area contributed by atoms with Crippen LogP contribution < -0.4 is 5.73 Å². The van der Waals surface area contributed by atoms with Gasteiger partial charge in [-0.15, -0.1) is 11.8 Å². The highest BCUT2D eigenvalue weighted by molar-refractivity contribution is 7.98. The molecule has 1 aromatic rings. The normalized spacial score (nSPS) is 24.1. The Hall–Kier alpha value is -1.00. The maximum absolute atomic E-state index is 12.5. The zero-order valence-corrected chi connectivity index (χ0v) is 11.7. The van der Waals surface area contributed by atoms with Crippen molar-refractivity contribution in [2.75, 3.05) is 19.3 Å². The van der Waals surface area contributed by atoms with Crippen molar-refractivity contribution in [1.82, 2.24) is 4.90 Å². The van der Waals surface area contributed by atoms with Crippen LogP contribution in [0.5, 0.6) is 0 Å². The number of thioether (sulfide) groups is 1. The summed E-state index contributed by atoms with van der Waals surface area (Å²) in [5.74, 6) is 0.517. The van der Waals surface area contributed by atoms with Gasteiger partial charge in [0.15, 0.2) is 0 Å². The molecule has 1 saturated heterocycles. The Balaban J connectivity index is 2.16. The lowest BCUT2D eigenvalue weighted by molar-refractivity contribution is 0.0660. The Morgan fingerprint density at radius 1 is 1.44 bits per heavy atom. The molecule has 98 valence electrons. The van der Waals surface area contributed by atoms with Crippen LogP contribution in [0.4, 0.5) is 0 Å². The Bertz CT molecular complexity index is 436. The van der Waals surface area contributed by atoms with Gasteiger partial charge in [0, 0.05) is 24.0 Å². The van der Waals surface area contributed by atoms with E-state index in [1.807, 2.05) is 35.4 Å². The molecule has 0 spiro atoms. The van der Waals surface area contributed by atoms with E-state index in [4.69, 9.17) is 5.73 Å². The number of hydrogen-bond acceptors (Lipinski definition) is 3. The highest BCUT2D eigenvalue weighted by Crippen LogP contribution is 2.23. The van der Waals surface area contributed by atoms with Crippen molar-refractivity contribution in [2.45, 2.75) is 24.3 Å². The van der Waals surface area contributed by atoms with Gasteiger partial charge in [-0.3, -0.25) is 4.79 Å². The summed E-state index contributed by atoms with van der Waals surface area (Å²) < 4.78 is 0. The monoisotopic (exact) mass is 264 g/mol. The standard InChI is InChI=1S/C14H20N2OS/c1-10-9-16(8-7-12(10)15)14(17)11-5-3-4-6-13(11)18-2/h3-6,10,12H,7-9,15H2,1-2H3. The first-order valence-electron chi connectivity index (χ1n) is 6.31. The average Bonchev–Trinajstić information content (AvgIpc) is 2.41. The van der Waals surface area contributed by atoms with Crippen molar-refractivity contribution >= 4 is 17.7 Å². The largest absolute Gasteiger partial charge is 0.338 e. The van der Waals surface area contributed by atoms with Crippen LogP contribution in [0.25, 0.3) is 0 Å². The van der Waals surface area contributed by atoms with Gasteiger partial charge in [0.2, 0.25) is 0 Å². The second-order valence-electron chi connectivity index (χ2n) is 4.88. The number of likely N-dealkylation sites (tertiary alicyclic amines) is 1. The summed E-state index contributed by atoms with van der Waals surface area (Å²) in [6.07, 6.45) is 2.90. The number of nitrogens with two attached hydrogens (primary N) is 1. The van der Waals surface area contributed by atoms with E-state index in [0.29, 0.717) is 5.92 Å². The van der Waals surface area contributed by atoms with Crippen molar-refractivity contribution in [3.63, 3.8) is 0 Å².